The smallest absolute Gasteiger partial charge is 0.140 e. The lowest BCUT2D eigenvalue weighted by atomic mass is 10.1. The average molecular weight is 215 g/mol. The largest absolute Gasteiger partial charge is 0.351 e. The van der Waals surface area contributed by atoms with Crippen LogP contribution >= 0.6 is 0 Å². The number of hydrogen-bond acceptors (Lipinski definition) is 2. The summed E-state index contributed by atoms with van der Waals surface area (Å²) in [5.41, 5.74) is 2.40. The van der Waals surface area contributed by atoms with Gasteiger partial charge in [-0.25, -0.2) is 0 Å². The number of carbonyl (C=O) groups is 1. The van der Waals surface area contributed by atoms with Crippen molar-refractivity contribution in [3.05, 3.63) is 42.1 Å². The fraction of sp³-hybridized carbons (Fsp3) is 0.357. The molecule has 0 radical (unpaired) electrons. The van der Waals surface area contributed by atoms with Gasteiger partial charge in [-0.05, 0) is 24.1 Å². The number of rotatable bonds is 2. The molecule has 84 valence electrons. The molecule has 1 aromatic carbocycles. The molecule has 0 aromatic heterocycles. The number of allylic oxidation sites excluding steroid dienone is 1. The number of carbonyl (C=O) groups excluding carboxylic acids is 1. The predicted octanol–water partition coefficient (Wildman–Crippen LogP) is 3.01. The van der Waals surface area contributed by atoms with Crippen molar-refractivity contribution in [2.75, 3.05) is 11.9 Å². The number of ketones is 1. The van der Waals surface area contributed by atoms with Crippen molar-refractivity contribution in [1.29, 1.82) is 0 Å². The van der Waals surface area contributed by atoms with Crippen LogP contribution in [0.1, 0.15) is 19.8 Å². The number of hydrogen-bond donors (Lipinski definition) is 0. The molecule has 1 aliphatic carbocycles. The van der Waals surface area contributed by atoms with Gasteiger partial charge in [0.15, 0.2) is 0 Å². The molecule has 0 saturated heterocycles. The zero-order valence-electron chi connectivity index (χ0n) is 9.81. The van der Waals surface area contributed by atoms with Crippen LogP contribution in [0.2, 0.25) is 0 Å². The number of anilines is 1. The highest BCUT2D eigenvalue weighted by Gasteiger charge is 2.25. The molecule has 0 spiro atoms. The highest BCUT2D eigenvalue weighted by molar-refractivity contribution is 5.86. The molecule has 1 unspecified atom stereocenters. The zero-order chi connectivity index (χ0) is 11.5. The summed E-state index contributed by atoms with van der Waals surface area (Å²) in [6.07, 6.45) is 3.72. The molecule has 0 aliphatic heterocycles. The molecule has 1 atom stereocenters. The van der Waals surface area contributed by atoms with Crippen LogP contribution in [0.3, 0.4) is 0 Å². The molecule has 2 nitrogen and oxygen atoms in total. The van der Waals surface area contributed by atoms with Crippen LogP contribution < -0.4 is 4.90 Å². The number of benzene rings is 1. The van der Waals surface area contributed by atoms with Gasteiger partial charge in [0.25, 0.3) is 0 Å². The first-order chi connectivity index (χ1) is 7.68. The Labute approximate surface area is 96.6 Å². The molecular formula is C14H17NO. The van der Waals surface area contributed by atoms with Crippen LogP contribution in [-0.4, -0.2) is 12.8 Å². The minimum atomic E-state index is 0.103. The van der Waals surface area contributed by atoms with Gasteiger partial charge in [-0.3, -0.25) is 4.79 Å². The van der Waals surface area contributed by atoms with Crippen molar-refractivity contribution >= 4 is 11.5 Å². The molecule has 2 rings (SSSR count). The summed E-state index contributed by atoms with van der Waals surface area (Å²) in [6, 6.07) is 10.2. The Bertz CT molecular complexity index is 408. The number of Topliss-reactive ketones (excluding diaryl/α,β-unsaturated/α-hetero) is 1. The quantitative estimate of drug-likeness (QED) is 0.756. The van der Waals surface area contributed by atoms with Gasteiger partial charge in [-0.15, -0.1) is 0 Å². The van der Waals surface area contributed by atoms with E-state index in [4.69, 9.17) is 0 Å². The molecule has 1 saturated carbocycles. The standard InChI is InChI=1S/C14H17NO/c1-11-12(8-9-14(11)16)10-15(2)13-6-4-3-5-7-13/h3-7,10-11H,8-9H2,1-2H3/b12-10+. The molecule has 0 amide bonds. The van der Waals surface area contributed by atoms with Crippen molar-refractivity contribution in [3.63, 3.8) is 0 Å². The second kappa shape index (κ2) is 4.52. The SMILES string of the molecule is CC1C(=O)CC/C1=C\N(C)c1ccccc1. The van der Waals surface area contributed by atoms with E-state index < -0.39 is 0 Å². The van der Waals surface area contributed by atoms with Crippen LogP contribution in [0, 0.1) is 5.92 Å². The molecule has 1 fully saturated rings. The number of nitrogens with zero attached hydrogens (tertiary/aromatic N) is 1. The minimum Gasteiger partial charge on any atom is -0.351 e. The van der Waals surface area contributed by atoms with Crippen LogP contribution in [0.5, 0.6) is 0 Å². The summed E-state index contributed by atoms with van der Waals surface area (Å²) in [5, 5.41) is 0. The third-order valence-electron chi connectivity index (χ3n) is 3.22. The van der Waals surface area contributed by atoms with Crippen molar-refractivity contribution in [3.8, 4) is 0 Å². The minimum absolute atomic E-state index is 0.103. The van der Waals surface area contributed by atoms with E-state index in [1.165, 1.54) is 5.57 Å². The molecular weight excluding hydrogens is 198 g/mol. The van der Waals surface area contributed by atoms with Gasteiger partial charge in [-0.2, -0.15) is 0 Å². The monoisotopic (exact) mass is 215 g/mol. The van der Waals surface area contributed by atoms with Gasteiger partial charge in [0.05, 0.1) is 0 Å². The Morgan fingerprint density at radius 1 is 1.25 bits per heavy atom. The van der Waals surface area contributed by atoms with Crippen LogP contribution in [0.25, 0.3) is 0 Å². The maximum absolute atomic E-state index is 11.4. The van der Waals surface area contributed by atoms with Crippen molar-refractivity contribution in [2.24, 2.45) is 5.92 Å². The predicted molar refractivity (Wildman–Crippen MR) is 66.3 cm³/mol. The summed E-state index contributed by atoms with van der Waals surface area (Å²) in [4.78, 5) is 13.5. The Kier molecular flexibility index (Phi) is 3.09. The Morgan fingerprint density at radius 2 is 1.94 bits per heavy atom. The molecule has 16 heavy (non-hydrogen) atoms. The third kappa shape index (κ3) is 2.16. The second-order valence-electron chi connectivity index (χ2n) is 4.34. The van der Waals surface area contributed by atoms with E-state index in [2.05, 4.69) is 23.2 Å². The highest BCUT2D eigenvalue weighted by atomic mass is 16.1. The lowest BCUT2D eigenvalue weighted by molar-refractivity contribution is -0.119. The van der Waals surface area contributed by atoms with Gasteiger partial charge in [-0.1, -0.05) is 25.1 Å². The summed E-state index contributed by atoms with van der Waals surface area (Å²) < 4.78 is 0. The fourth-order valence-corrected chi connectivity index (χ4v) is 2.07. The van der Waals surface area contributed by atoms with E-state index in [0.29, 0.717) is 12.2 Å². The maximum Gasteiger partial charge on any atom is 0.140 e. The normalized spacial score (nSPS) is 22.8. The van der Waals surface area contributed by atoms with Gasteiger partial charge in [0, 0.05) is 31.3 Å². The Hall–Kier alpha value is -1.57. The average Bonchev–Trinajstić information content (AvgIpc) is 2.62. The van der Waals surface area contributed by atoms with Gasteiger partial charge >= 0.3 is 0 Å². The first-order valence-electron chi connectivity index (χ1n) is 5.69. The fourth-order valence-electron chi connectivity index (χ4n) is 2.07. The van der Waals surface area contributed by atoms with E-state index in [-0.39, 0.29) is 5.92 Å². The van der Waals surface area contributed by atoms with E-state index >= 15 is 0 Å². The van der Waals surface area contributed by atoms with E-state index in [9.17, 15) is 4.79 Å². The van der Waals surface area contributed by atoms with Crippen LogP contribution in [0.4, 0.5) is 5.69 Å². The third-order valence-corrected chi connectivity index (χ3v) is 3.22. The van der Waals surface area contributed by atoms with E-state index in [1.54, 1.807) is 0 Å². The molecule has 1 aliphatic rings. The van der Waals surface area contributed by atoms with E-state index in [0.717, 1.165) is 12.1 Å². The molecule has 2 heteroatoms. The Balaban J connectivity index is 2.16. The first-order valence-corrected chi connectivity index (χ1v) is 5.69. The highest BCUT2D eigenvalue weighted by Crippen LogP contribution is 2.28. The topological polar surface area (TPSA) is 20.3 Å². The number of para-hydroxylation sites is 1. The molecule has 1 aromatic rings. The van der Waals surface area contributed by atoms with Crippen molar-refractivity contribution in [2.45, 2.75) is 19.8 Å². The Morgan fingerprint density at radius 3 is 2.50 bits per heavy atom. The zero-order valence-corrected chi connectivity index (χ0v) is 9.81. The molecule has 0 bridgehead atoms. The maximum atomic E-state index is 11.4. The van der Waals surface area contributed by atoms with Crippen LogP contribution in [0.15, 0.2) is 42.1 Å². The van der Waals surface area contributed by atoms with E-state index in [1.807, 2.05) is 32.2 Å². The van der Waals surface area contributed by atoms with Gasteiger partial charge < -0.3 is 4.90 Å². The second-order valence-corrected chi connectivity index (χ2v) is 4.34. The lowest BCUT2D eigenvalue weighted by Gasteiger charge is -2.16. The van der Waals surface area contributed by atoms with Gasteiger partial charge in [0.1, 0.15) is 5.78 Å². The lowest BCUT2D eigenvalue weighted by Crippen LogP contribution is -2.11. The molecule has 0 N–H and O–H groups in total. The molecule has 0 heterocycles. The first kappa shape index (κ1) is 10.9. The van der Waals surface area contributed by atoms with Gasteiger partial charge in [0.2, 0.25) is 0 Å². The van der Waals surface area contributed by atoms with Crippen LogP contribution in [-0.2, 0) is 4.79 Å². The summed E-state index contributed by atoms with van der Waals surface area (Å²) >= 11 is 0. The van der Waals surface area contributed by atoms with Crippen molar-refractivity contribution in [1.82, 2.24) is 0 Å². The summed E-state index contributed by atoms with van der Waals surface area (Å²) in [7, 11) is 2.03. The summed E-state index contributed by atoms with van der Waals surface area (Å²) in [6.45, 7) is 2.00. The summed E-state index contributed by atoms with van der Waals surface area (Å²) in [5.74, 6) is 0.471. The van der Waals surface area contributed by atoms with Crippen molar-refractivity contribution < 1.29 is 4.79 Å².